The quantitative estimate of drug-likeness (QED) is 0.602. The van der Waals surface area contributed by atoms with Gasteiger partial charge >= 0.3 is 12.4 Å². The lowest BCUT2D eigenvalue weighted by molar-refractivity contribution is -0.162. The third-order valence-electron chi connectivity index (χ3n) is 1.22. The van der Waals surface area contributed by atoms with Crippen LogP contribution in [0.25, 0.3) is 0 Å². The van der Waals surface area contributed by atoms with Crippen molar-refractivity contribution in [3.63, 3.8) is 0 Å². The Bertz CT molecular complexity index is 293. The fourth-order valence-electron chi connectivity index (χ4n) is 0.704. The Morgan fingerprint density at radius 2 is 1.36 bits per heavy atom. The second kappa shape index (κ2) is 3.14. The van der Waals surface area contributed by atoms with Crippen LogP contribution in [-0.2, 0) is 12.4 Å². The van der Waals surface area contributed by atoms with E-state index in [2.05, 4.69) is 4.98 Å². The van der Waals surface area contributed by atoms with Crippen molar-refractivity contribution < 1.29 is 26.3 Å². The van der Waals surface area contributed by atoms with E-state index in [9.17, 15) is 26.3 Å². The van der Waals surface area contributed by atoms with E-state index < -0.39 is 23.5 Å². The van der Waals surface area contributed by atoms with Crippen LogP contribution in [0, 0.1) is 18.5 Å². The number of hydrogen-bond donors (Lipinski definition) is 0. The van der Waals surface area contributed by atoms with Crippen LogP contribution in [0.2, 0.25) is 0 Å². The third kappa shape index (κ3) is 2.15. The molecule has 0 saturated carbocycles. The van der Waals surface area contributed by atoms with Crippen molar-refractivity contribution in [2.45, 2.75) is 12.4 Å². The summed E-state index contributed by atoms with van der Waals surface area (Å²) in [5.41, 5.74) is -3.94. The van der Waals surface area contributed by atoms with Gasteiger partial charge in [0.1, 0.15) is 6.20 Å². The van der Waals surface area contributed by atoms with Gasteiger partial charge in [-0.05, 0) is 0 Å². The molecule has 7 heteroatoms. The van der Waals surface area contributed by atoms with Crippen molar-refractivity contribution in [1.29, 1.82) is 0 Å². The van der Waals surface area contributed by atoms with Crippen LogP contribution >= 0.6 is 0 Å². The molecule has 1 heterocycles. The van der Waals surface area contributed by atoms with Crippen molar-refractivity contribution in [1.82, 2.24) is 4.98 Å². The minimum absolute atomic E-state index is 1.20. The standard InChI is InChI=1S/C7F6N/c8-6(9,10)4-1-2-14-3-5(4)7(11,12)13. The molecule has 1 aromatic rings. The van der Waals surface area contributed by atoms with Crippen LogP contribution in [0.15, 0.2) is 0 Å². The van der Waals surface area contributed by atoms with Crippen LogP contribution in [-0.4, -0.2) is 4.98 Å². The van der Waals surface area contributed by atoms with E-state index >= 15 is 0 Å². The Labute approximate surface area is 74.4 Å². The van der Waals surface area contributed by atoms with Gasteiger partial charge in [-0.15, -0.1) is 0 Å². The first-order valence-corrected chi connectivity index (χ1v) is 3.08. The Hall–Kier alpha value is -1.27. The van der Waals surface area contributed by atoms with Crippen LogP contribution in [0.5, 0.6) is 0 Å². The molecule has 0 N–H and O–H groups in total. The van der Waals surface area contributed by atoms with Gasteiger partial charge in [0.05, 0.1) is 17.3 Å². The first kappa shape index (κ1) is 10.8. The first-order valence-electron chi connectivity index (χ1n) is 3.08. The molecule has 0 aliphatic rings. The van der Waals surface area contributed by atoms with Gasteiger partial charge in [-0.25, -0.2) is 4.98 Å². The van der Waals surface area contributed by atoms with Crippen LogP contribution < -0.4 is 0 Å². The molecule has 0 amide bonds. The van der Waals surface area contributed by atoms with Gasteiger partial charge in [-0.3, -0.25) is 0 Å². The highest BCUT2D eigenvalue weighted by Gasteiger charge is 2.43. The lowest BCUT2D eigenvalue weighted by Crippen LogP contribution is -2.17. The van der Waals surface area contributed by atoms with Crippen LogP contribution in [0.3, 0.4) is 0 Å². The molecule has 0 unspecified atom stereocenters. The average molecular weight is 212 g/mol. The molecule has 0 bridgehead atoms. The topological polar surface area (TPSA) is 12.9 Å². The van der Waals surface area contributed by atoms with Crippen molar-refractivity contribution in [3.05, 3.63) is 29.6 Å². The predicted octanol–water partition coefficient (Wildman–Crippen LogP) is 2.52. The highest BCUT2D eigenvalue weighted by Crippen LogP contribution is 2.38. The minimum atomic E-state index is -5.15. The summed E-state index contributed by atoms with van der Waals surface area (Å²) in [5.74, 6) is 0. The molecule has 1 rings (SSSR count). The second-order valence-corrected chi connectivity index (χ2v) is 2.21. The van der Waals surface area contributed by atoms with E-state index in [-0.39, 0.29) is 0 Å². The molecule has 1 nitrogen and oxygen atoms in total. The molecular formula is C7F6N. The smallest absolute Gasteiger partial charge is 0.243 e. The monoisotopic (exact) mass is 212 g/mol. The first-order chi connectivity index (χ1) is 6.23. The Kier molecular flexibility index (Phi) is 2.43. The molecule has 14 heavy (non-hydrogen) atoms. The summed E-state index contributed by atoms with van der Waals surface area (Å²) in [6, 6.07) is 1.27. The van der Waals surface area contributed by atoms with E-state index in [4.69, 9.17) is 0 Å². The summed E-state index contributed by atoms with van der Waals surface area (Å²) in [5, 5.41) is 0. The van der Waals surface area contributed by atoms with E-state index in [1.807, 2.05) is 0 Å². The number of pyridine rings is 1. The summed E-state index contributed by atoms with van der Waals surface area (Å²) in [6.45, 7) is 0. The lowest BCUT2D eigenvalue weighted by Gasteiger charge is -2.12. The zero-order valence-electron chi connectivity index (χ0n) is 6.22. The maximum atomic E-state index is 12.0. The second-order valence-electron chi connectivity index (χ2n) is 2.21. The number of nitrogens with zero attached hydrogens (tertiary/aromatic N) is 1. The summed E-state index contributed by atoms with van der Waals surface area (Å²) in [4.78, 5) is 2.70. The Morgan fingerprint density at radius 3 is 1.71 bits per heavy atom. The molecule has 0 saturated heterocycles. The normalized spacial score (nSPS) is 13.0. The maximum Gasteiger partial charge on any atom is 0.419 e. The zero-order chi connectivity index (χ0) is 11.0. The lowest BCUT2D eigenvalue weighted by atomic mass is 10.1. The molecule has 0 spiro atoms. The summed E-state index contributed by atoms with van der Waals surface area (Å²) in [7, 11) is 0. The van der Waals surface area contributed by atoms with Gasteiger partial charge < -0.3 is 0 Å². The zero-order valence-corrected chi connectivity index (χ0v) is 6.22. The molecular weight excluding hydrogens is 212 g/mol. The van der Waals surface area contributed by atoms with Gasteiger partial charge in [0.15, 0.2) is 0 Å². The summed E-state index contributed by atoms with van der Waals surface area (Å²) < 4.78 is 71.9. The molecule has 3 radical (unpaired) electrons. The van der Waals surface area contributed by atoms with Gasteiger partial charge in [-0.1, -0.05) is 0 Å². The number of hydrogen-bond acceptors (Lipinski definition) is 1. The molecule has 1 aromatic heterocycles. The number of alkyl halides is 6. The maximum absolute atomic E-state index is 12.0. The molecule has 0 aromatic carbocycles. The van der Waals surface area contributed by atoms with Crippen molar-refractivity contribution >= 4 is 0 Å². The third-order valence-corrected chi connectivity index (χ3v) is 1.22. The minimum Gasteiger partial charge on any atom is -0.243 e. The Morgan fingerprint density at radius 1 is 0.857 bits per heavy atom. The van der Waals surface area contributed by atoms with Gasteiger partial charge in [-0.2, -0.15) is 26.3 Å². The van der Waals surface area contributed by atoms with Crippen molar-refractivity contribution in [3.8, 4) is 0 Å². The van der Waals surface area contributed by atoms with Crippen LogP contribution in [0.4, 0.5) is 26.3 Å². The van der Waals surface area contributed by atoms with E-state index in [0.29, 0.717) is 0 Å². The molecule has 0 fully saturated rings. The summed E-state index contributed by atoms with van der Waals surface area (Å²) >= 11 is 0. The largest absolute Gasteiger partial charge is 0.419 e. The van der Waals surface area contributed by atoms with Gasteiger partial charge in [0, 0.05) is 6.07 Å². The Balaban J connectivity index is 3.31. The molecule has 75 valence electrons. The highest BCUT2D eigenvalue weighted by atomic mass is 19.4. The summed E-state index contributed by atoms with van der Waals surface area (Å²) in [6.07, 6.45) is -7.56. The van der Waals surface area contributed by atoms with E-state index in [1.54, 1.807) is 0 Å². The van der Waals surface area contributed by atoms with E-state index in [1.165, 1.54) is 18.5 Å². The fraction of sp³-hybridized carbons (Fsp3) is 0.286. The van der Waals surface area contributed by atoms with Gasteiger partial charge in [0.2, 0.25) is 0 Å². The van der Waals surface area contributed by atoms with E-state index in [0.717, 1.165) is 0 Å². The average Bonchev–Trinajstić information content (AvgIpc) is 2.01. The number of rotatable bonds is 0. The predicted molar refractivity (Wildman–Crippen MR) is 30.7 cm³/mol. The molecule has 0 aliphatic heterocycles. The van der Waals surface area contributed by atoms with Crippen molar-refractivity contribution in [2.75, 3.05) is 0 Å². The SMILES string of the molecule is FC(F)(F)c1[c][c]n[c]c1C(F)(F)F. The number of aromatic nitrogens is 1. The van der Waals surface area contributed by atoms with Crippen molar-refractivity contribution in [2.24, 2.45) is 0 Å². The van der Waals surface area contributed by atoms with Crippen LogP contribution in [0.1, 0.15) is 11.1 Å². The number of halogens is 6. The fourth-order valence-corrected chi connectivity index (χ4v) is 0.704. The molecule has 0 aliphatic carbocycles. The molecule has 0 atom stereocenters. The highest BCUT2D eigenvalue weighted by molar-refractivity contribution is 5.26. The van der Waals surface area contributed by atoms with Gasteiger partial charge in [0.25, 0.3) is 0 Å².